The van der Waals surface area contributed by atoms with E-state index in [0.29, 0.717) is 6.42 Å². The number of hydrogen-bond acceptors (Lipinski definition) is 2. The molecular formula is C9H15N3O. The highest BCUT2D eigenvalue weighted by Crippen LogP contribution is 1.94. The van der Waals surface area contributed by atoms with Crippen molar-refractivity contribution in [1.82, 2.24) is 15.5 Å². The second kappa shape index (κ2) is 4.64. The molecule has 1 unspecified atom stereocenters. The summed E-state index contributed by atoms with van der Waals surface area (Å²) in [6.07, 6.45) is 2.98. The molecule has 13 heavy (non-hydrogen) atoms. The van der Waals surface area contributed by atoms with E-state index in [-0.39, 0.29) is 11.9 Å². The number of amides is 1. The van der Waals surface area contributed by atoms with E-state index in [1.807, 2.05) is 13.8 Å². The van der Waals surface area contributed by atoms with Crippen molar-refractivity contribution in [3.05, 3.63) is 18.0 Å². The monoisotopic (exact) mass is 181 g/mol. The van der Waals surface area contributed by atoms with Gasteiger partial charge in [0.2, 0.25) is 5.91 Å². The number of H-pyrrole nitrogens is 1. The fourth-order valence-corrected chi connectivity index (χ4v) is 0.984. The third-order valence-corrected chi connectivity index (χ3v) is 1.93. The van der Waals surface area contributed by atoms with Crippen molar-refractivity contribution in [2.75, 3.05) is 0 Å². The minimum absolute atomic E-state index is 0.0404. The lowest BCUT2D eigenvalue weighted by atomic mass is 10.2. The summed E-state index contributed by atoms with van der Waals surface area (Å²) in [5.74, 6) is 0.0404. The van der Waals surface area contributed by atoms with Crippen LogP contribution >= 0.6 is 0 Å². The van der Waals surface area contributed by atoms with E-state index in [4.69, 9.17) is 0 Å². The van der Waals surface area contributed by atoms with Gasteiger partial charge in [-0.3, -0.25) is 9.89 Å². The topological polar surface area (TPSA) is 57.8 Å². The van der Waals surface area contributed by atoms with Crippen molar-refractivity contribution in [3.63, 3.8) is 0 Å². The molecule has 72 valence electrons. The van der Waals surface area contributed by atoms with Gasteiger partial charge in [-0.25, -0.2) is 0 Å². The lowest BCUT2D eigenvalue weighted by molar-refractivity contribution is -0.121. The van der Waals surface area contributed by atoms with Crippen LogP contribution in [0.1, 0.15) is 26.0 Å². The van der Waals surface area contributed by atoms with Crippen LogP contribution in [-0.2, 0) is 11.2 Å². The quantitative estimate of drug-likeness (QED) is 0.724. The number of aromatic amines is 1. The third-order valence-electron chi connectivity index (χ3n) is 1.93. The highest BCUT2D eigenvalue weighted by Gasteiger charge is 2.06. The maximum absolute atomic E-state index is 11.3. The van der Waals surface area contributed by atoms with Crippen molar-refractivity contribution in [3.8, 4) is 0 Å². The lowest BCUT2D eigenvalue weighted by Crippen LogP contribution is -2.33. The Bertz CT molecular complexity index is 256. The zero-order valence-electron chi connectivity index (χ0n) is 8.00. The van der Waals surface area contributed by atoms with E-state index in [1.165, 1.54) is 0 Å². The fraction of sp³-hybridized carbons (Fsp3) is 0.556. The van der Waals surface area contributed by atoms with Crippen LogP contribution < -0.4 is 5.32 Å². The molecule has 4 nitrogen and oxygen atoms in total. The van der Waals surface area contributed by atoms with Crippen LogP contribution in [0.4, 0.5) is 0 Å². The van der Waals surface area contributed by atoms with Crippen LogP contribution in [-0.4, -0.2) is 22.1 Å². The van der Waals surface area contributed by atoms with Gasteiger partial charge in [-0.15, -0.1) is 0 Å². The summed E-state index contributed by atoms with van der Waals surface area (Å²) in [6.45, 7) is 4.03. The molecule has 1 atom stereocenters. The Kier molecular flexibility index (Phi) is 3.49. The Hall–Kier alpha value is -1.32. The van der Waals surface area contributed by atoms with Gasteiger partial charge < -0.3 is 5.32 Å². The first-order chi connectivity index (χ1) is 6.22. The molecule has 1 aromatic rings. The van der Waals surface area contributed by atoms with Crippen LogP contribution in [0.5, 0.6) is 0 Å². The molecule has 0 aliphatic rings. The molecule has 4 heteroatoms. The summed E-state index contributed by atoms with van der Waals surface area (Å²) in [7, 11) is 0. The normalized spacial score (nSPS) is 12.5. The van der Waals surface area contributed by atoms with Crippen LogP contribution in [0.3, 0.4) is 0 Å². The summed E-state index contributed by atoms with van der Waals surface area (Å²) in [4.78, 5) is 11.3. The van der Waals surface area contributed by atoms with Crippen molar-refractivity contribution >= 4 is 5.91 Å². The molecule has 0 saturated heterocycles. The zero-order chi connectivity index (χ0) is 9.68. The first-order valence-electron chi connectivity index (χ1n) is 4.50. The average Bonchev–Trinajstić information content (AvgIpc) is 2.56. The van der Waals surface area contributed by atoms with Gasteiger partial charge in [0.25, 0.3) is 0 Å². The highest BCUT2D eigenvalue weighted by molar-refractivity contribution is 5.78. The Morgan fingerprint density at radius 1 is 1.77 bits per heavy atom. The molecule has 0 saturated carbocycles. The number of nitrogens with zero attached hydrogens (tertiary/aromatic N) is 1. The molecule has 0 bridgehead atoms. The molecule has 1 rings (SSSR count). The molecule has 0 radical (unpaired) electrons. The highest BCUT2D eigenvalue weighted by atomic mass is 16.1. The summed E-state index contributed by atoms with van der Waals surface area (Å²) >= 11 is 0. The Balaban J connectivity index is 2.34. The zero-order valence-corrected chi connectivity index (χ0v) is 8.00. The minimum atomic E-state index is 0.0404. The predicted molar refractivity (Wildman–Crippen MR) is 50.2 cm³/mol. The second-order valence-corrected chi connectivity index (χ2v) is 3.14. The first kappa shape index (κ1) is 9.77. The van der Waals surface area contributed by atoms with Gasteiger partial charge in [0.05, 0.1) is 6.42 Å². The summed E-state index contributed by atoms with van der Waals surface area (Å²) in [6, 6.07) is 2.05. The number of aromatic nitrogens is 2. The van der Waals surface area contributed by atoms with Crippen LogP contribution in [0.2, 0.25) is 0 Å². The minimum Gasteiger partial charge on any atom is -0.353 e. The smallest absolute Gasteiger partial charge is 0.226 e. The number of carbonyl (C=O) groups is 1. The summed E-state index contributed by atoms with van der Waals surface area (Å²) in [5.41, 5.74) is 0.848. The van der Waals surface area contributed by atoms with E-state index in [0.717, 1.165) is 12.1 Å². The van der Waals surface area contributed by atoms with Gasteiger partial charge in [0.1, 0.15) is 0 Å². The molecule has 2 N–H and O–H groups in total. The van der Waals surface area contributed by atoms with E-state index in [2.05, 4.69) is 15.5 Å². The number of carbonyl (C=O) groups excluding carboxylic acids is 1. The predicted octanol–water partition coefficient (Wildman–Crippen LogP) is 0.867. The number of hydrogen-bond donors (Lipinski definition) is 2. The van der Waals surface area contributed by atoms with Gasteiger partial charge in [-0.2, -0.15) is 5.10 Å². The van der Waals surface area contributed by atoms with Gasteiger partial charge in [0, 0.05) is 17.9 Å². The van der Waals surface area contributed by atoms with Crippen molar-refractivity contribution in [2.45, 2.75) is 32.7 Å². The molecule has 1 aromatic heterocycles. The fourth-order valence-electron chi connectivity index (χ4n) is 0.984. The maximum Gasteiger partial charge on any atom is 0.226 e. The van der Waals surface area contributed by atoms with E-state index >= 15 is 0 Å². The largest absolute Gasteiger partial charge is 0.353 e. The first-order valence-corrected chi connectivity index (χ1v) is 4.50. The van der Waals surface area contributed by atoms with E-state index < -0.39 is 0 Å². The van der Waals surface area contributed by atoms with E-state index in [1.54, 1.807) is 12.3 Å². The van der Waals surface area contributed by atoms with Crippen molar-refractivity contribution < 1.29 is 4.79 Å². The second-order valence-electron chi connectivity index (χ2n) is 3.14. The van der Waals surface area contributed by atoms with Gasteiger partial charge in [-0.05, 0) is 19.4 Å². The van der Waals surface area contributed by atoms with E-state index in [9.17, 15) is 4.79 Å². The lowest BCUT2D eigenvalue weighted by Gasteiger charge is -2.10. The Labute approximate surface area is 77.7 Å². The molecule has 0 aliphatic carbocycles. The summed E-state index contributed by atoms with van der Waals surface area (Å²) in [5, 5.41) is 9.40. The molecule has 0 aliphatic heterocycles. The van der Waals surface area contributed by atoms with Crippen LogP contribution in [0.15, 0.2) is 12.3 Å². The Morgan fingerprint density at radius 3 is 3.08 bits per heavy atom. The molecular weight excluding hydrogens is 166 g/mol. The van der Waals surface area contributed by atoms with Gasteiger partial charge in [-0.1, -0.05) is 6.92 Å². The van der Waals surface area contributed by atoms with Gasteiger partial charge in [0.15, 0.2) is 0 Å². The molecule has 0 fully saturated rings. The SMILES string of the molecule is CCC(C)NC(=O)Cc1ccn[nH]1. The number of rotatable bonds is 4. The maximum atomic E-state index is 11.3. The standard InChI is InChI=1S/C9H15N3O/c1-3-7(2)11-9(13)6-8-4-5-10-12-8/h4-5,7H,3,6H2,1-2H3,(H,10,12)(H,11,13). The molecule has 0 spiro atoms. The van der Waals surface area contributed by atoms with Crippen molar-refractivity contribution in [2.24, 2.45) is 0 Å². The van der Waals surface area contributed by atoms with Crippen molar-refractivity contribution in [1.29, 1.82) is 0 Å². The molecule has 0 aromatic carbocycles. The Morgan fingerprint density at radius 2 is 2.54 bits per heavy atom. The van der Waals surface area contributed by atoms with Crippen LogP contribution in [0.25, 0.3) is 0 Å². The molecule has 1 amide bonds. The van der Waals surface area contributed by atoms with Gasteiger partial charge >= 0.3 is 0 Å². The van der Waals surface area contributed by atoms with Crippen LogP contribution in [0, 0.1) is 0 Å². The molecule has 1 heterocycles. The average molecular weight is 181 g/mol. The summed E-state index contributed by atoms with van der Waals surface area (Å²) < 4.78 is 0. The number of nitrogens with one attached hydrogen (secondary N) is 2. The third kappa shape index (κ3) is 3.27.